The average Bonchev–Trinajstić information content (AvgIpc) is 3.02. The highest BCUT2D eigenvalue weighted by molar-refractivity contribution is 7.99. The number of methoxy groups -OCH3 is 1. The molecule has 0 aliphatic heterocycles. The van der Waals surface area contributed by atoms with E-state index in [9.17, 15) is 9.59 Å². The van der Waals surface area contributed by atoms with Crippen molar-refractivity contribution in [3.8, 4) is 0 Å². The van der Waals surface area contributed by atoms with Crippen molar-refractivity contribution in [1.29, 1.82) is 0 Å². The van der Waals surface area contributed by atoms with Crippen LogP contribution in [0, 0.1) is 11.3 Å². The molecule has 2 heterocycles. The Balaban J connectivity index is 1.69. The summed E-state index contributed by atoms with van der Waals surface area (Å²) in [5.74, 6) is 0.995. The Labute approximate surface area is 190 Å². The summed E-state index contributed by atoms with van der Waals surface area (Å²) in [6, 6.07) is 1.48. The molecule has 0 fully saturated rings. The molecule has 2 aromatic heterocycles. The lowest BCUT2D eigenvalue weighted by Crippen LogP contribution is -2.26. The summed E-state index contributed by atoms with van der Waals surface area (Å²) in [4.78, 5) is 34.4. The number of ether oxygens (including phenoxy) is 1. The number of thioether (sulfide) groups is 1. The minimum absolute atomic E-state index is 0.180. The first kappa shape index (κ1) is 23.3. The van der Waals surface area contributed by atoms with Crippen molar-refractivity contribution in [1.82, 2.24) is 9.97 Å². The molecular weight excluding hydrogens is 434 g/mol. The van der Waals surface area contributed by atoms with E-state index in [1.54, 1.807) is 0 Å². The molecule has 0 spiro atoms. The number of nitrogen functional groups attached to an aromatic ring is 2. The number of aromatic nitrogens is 2. The van der Waals surface area contributed by atoms with Gasteiger partial charge in [0, 0.05) is 23.1 Å². The number of amides is 1. The molecule has 8 nitrogen and oxygen atoms in total. The second-order valence-corrected chi connectivity index (χ2v) is 10.8. The predicted octanol–water partition coefficient (Wildman–Crippen LogP) is 3.76. The molecule has 0 aromatic carbocycles. The minimum atomic E-state index is -0.403. The van der Waals surface area contributed by atoms with Crippen LogP contribution >= 0.6 is 23.1 Å². The molecule has 10 heteroatoms. The molecule has 2 aromatic rings. The lowest BCUT2D eigenvalue weighted by molar-refractivity contribution is -0.115. The van der Waals surface area contributed by atoms with Crippen LogP contribution in [0.25, 0.3) is 0 Å². The third kappa shape index (κ3) is 5.68. The summed E-state index contributed by atoms with van der Waals surface area (Å²) >= 11 is 2.79. The van der Waals surface area contributed by atoms with E-state index in [4.69, 9.17) is 16.2 Å². The quantitative estimate of drug-likeness (QED) is 0.335. The number of anilines is 3. The molecular formula is C21H29N5O3S2. The molecule has 1 atom stereocenters. The van der Waals surface area contributed by atoms with Gasteiger partial charge in [-0.1, -0.05) is 32.5 Å². The topological polar surface area (TPSA) is 133 Å². The molecule has 5 N–H and O–H groups in total. The van der Waals surface area contributed by atoms with E-state index in [-0.39, 0.29) is 17.7 Å². The van der Waals surface area contributed by atoms with Gasteiger partial charge in [0.1, 0.15) is 16.6 Å². The van der Waals surface area contributed by atoms with Gasteiger partial charge in [-0.15, -0.1) is 11.3 Å². The molecule has 1 aliphatic carbocycles. The zero-order valence-electron chi connectivity index (χ0n) is 18.3. The number of nitrogens with zero attached hydrogens (tertiary/aromatic N) is 2. The second kappa shape index (κ2) is 9.44. The van der Waals surface area contributed by atoms with Crippen molar-refractivity contribution in [2.75, 3.05) is 29.6 Å². The van der Waals surface area contributed by atoms with E-state index < -0.39 is 5.97 Å². The first-order chi connectivity index (χ1) is 14.6. The van der Waals surface area contributed by atoms with Gasteiger partial charge in [-0.2, -0.15) is 0 Å². The highest BCUT2D eigenvalue weighted by atomic mass is 32.2. The Kier molecular flexibility index (Phi) is 7.10. The van der Waals surface area contributed by atoms with Crippen molar-refractivity contribution in [3.05, 3.63) is 22.1 Å². The number of hydrogen-bond acceptors (Lipinski definition) is 9. The fraction of sp³-hybridized carbons (Fsp3) is 0.524. The lowest BCUT2D eigenvalue weighted by atomic mass is 9.72. The van der Waals surface area contributed by atoms with Crippen molar-refractivity contribution in [3.63, 3.8) is 0 Å². The van der Waals surface area contributed by atoms with Crippen molar-refractivity contribution in [2.45, 2.75) is 51.6 Å². The Morgan fingerprint density at radius 1 is 1.29 bits per heavy atom. The summed E-state index contributed by atoms with van der Waals surface area (Å²) in [6.45, 7) is 6.74. The number of carbonyl (C=O) groups excluding carboxylic acids is 2. The summed E-state index contributed by atoms with van der Waals surface area (Å²) in [5, 5.41) is 3.93. The molecule has 1 amide bonds. The second-order valence-electron chi connectivity index (χ2n) is 8.65. The summed E-state index contributed by atoms with van der Waals surface area (Å²) < 4.78 is 5.01. The number of rotatable bonds is 6. The van der Waals surface area contributed by atoms with Gasteiger partial charge in [-0.3, -0.25) is 4.79 Å². The smallest absolute Gasteiger partial charge is 0.341 e. The largest absolute Gasteiger partial charge is 0.465 e. The van der Waals surface area contributed by atoms with E-state index in [1.165, 1.54) is 41.2 Å². The molecule has 1 unspecified atom stereocenters. The van der Waals surface area contributed by atoms with Gasteiger partial charge >= 0.3 is 5.97 Å². The minimum Gasteiger partial charge on any atom is -0.465 e. The van der Waals surface area contributed by atoms with Crippen molar-refractivity contribution >= 4 is 51.6 Å². The highest BCUT2D eigenvalue weighted by Gasteiger charge is 2.34. The number of hydrogen-bond donors (Lipinski definition) is 3. The van der Waals surface area contributed by atoms with Crippen LogP contribution in [0.15, 0.2) is 11.2 Å². The number of nitrogens with one attached hydrogen (secondary N) is 1. The Morgan fingerprint density at radius 3 is 2.58 bits per heavy atom. The van der Waals surface area contributed by atoms with Gasteiger partial charge in [0.2, 0.25) is 5.91 Å². The van der Waals surface area contributed by atoms with E-state index in [0.717, 1.165) is 24.8 Å². The number of fused-ring (bicyclic) bond motifs is 1. The van der Waals surface area contributed by atoms with Crippen LogP contribution in [0.5, 0.6) is 0 Å². The van der Waals surface area contributed by atoms with Crippen molar-refractivity contribution < 1.29 is 14.3 Å². The maximum absolute atomic E-state index is 12.6. The van der Waals surface area contributed by atoms with Gasteiger partial charge < -0.3 is 21.5 Å². The number of esters is 1. The fourth-order valence-electron chi connectivity index (χ4n) is 3.68. The highest BCUT2D eigenvalue weighted by Crippen LogP contribution is 2.44. The molecule has 0 radical (unpaired) electrons. The first-order valence-electron chi connectivity index (χ1n) is 10.1. The maximum atomic E-state index is 12.6. The molecule has 0 bridgehead atoms. The standard InChI is InChI=1S/C21H29N5O3S2/c1-21(2,3)11-5-6-12-13(9-11)31-18(17(12)19(28)29-4)26-16(27)7-8-30-20-24-14(22)10-15(23)25-20/h10-11H,5-9H2,1-4H3,(H,26,27)(H4,22,23,24,25). The van der Waals surface area contributed by atoms with Gasteiger partial charge in [-0.25, -0.2) is 14.8 Å². The molecule has 3 rings (SSSR count). The normalized spacial score (nSPS) is 15.9. The first-order valence-corrected chi connectivity index (χ1v) is 11.9. The SMILES string of the molecule is COC(=O)c1c(NC(=O)CCSc2nc(N)cc(N)n2)sc2c1CCC(C(C)(C)C)C2. The van der Waals surface area contributed by atoms with Crippen LogP contribution in [0.1, 0.15) is 54.4 Å². The maximum Gasteiger partial charge on any atom is 0.341 e. The Hall–Kier alpha value is -2.33. The van der Waals surface area contributed by atoms with Crippen LogP contribution in [-0.4, -0.2) is 34.7 Å². The zero-order chi connectivity index (χ0) is 22.8. The third-order valence-electron chi connectivity index (χ3n) is 5.44. The molecule has 0 saturated carbocycles. The third-order valence-corrected chi connectivity index (χ3v) is 7.46. The zero-order valence-corrected chi connectivity index (χ0v) is 19.9. The summed E-state index contributed by atoms with van der Waals surface area (Å²) in [5.41, 5.74) is 13.1. The fourth-order valence-corrected chi connectivity index (χ4v) is 5.82. The summed E-state index contributed by atoms with van der Waals surface area (Å²) in [6.07, 6.45) is 2.98. The van der Waals surface area contributed by atoms with Crippen LogP contribution in [-0.2, 0) is 22.4 Å². The monoisotopic (exact) mass is 463 g/mol. The van der Waals surface area contributed by atoms with E-state index in [2.05, 4.69) is 36.1 Å². The van der Waals surface area contributed by atoms with Gasteiger partial charge in [0.05, 0.1) is 12.7 Å². The van der Waals surface area contributed by atoms with Gasteiger partial charge in [0.15, 0.2) is 5.16 Å². The van der Waals surface area contributed by atoms with E-state index >= 15 is 0 Å². The van der Waals surface area contributed by atoms with E-state index in [1.807, 2.05) is 0 Å². The van der Waals surface area contributed by atoms with Crippen molar-refractivity contribution in [2.24, 2.45) is 11.3 Å². The van der Waals surface area contributed by atoms with E-state index in [0.29, 0.717) is 39.0 Å². The molecule has 1 aliphatic rings. The number of thiophene rings is 1. The lowest BCUT2D eigenvalue weighted by Gasteiger charge is -2.33. The van der Waals surface area contributed by atoms with Crippen LogP contribution in [0.4, 0.5) is 16.6 Å². The molecule has 31 heavy (non-hydrogen) atoms. The summed E-state index contributed by atoms with van der Waals surface area (Å²) in [7, 11) is 1.37. The molecule has 168 valence electrons. The molecule has 0 saturated heterocycles. The number of carbonyl (C=O) groups is 2. The predicted molar refractivity (Wildman–Crippen MR) is 125 cm³/mol. The Bertz CT molecular complexity index is 964. The van der Waals surface area contributed by atoms with Crippen LogP contribution in [0.3, 0.4) is 0 Å². The van der Waals surface area contributed by atoms with Gasteiger partial charge in [0.25, 0.3) is 0 Å². The average molecular weight is 464 g/mol. The van der Waals surface area contributed by atoms with Gasteiger partial charge in [-0.05, 0) is 36.2 Å². The number of nitrogens with two attached hydrogens (primary N) is 2. The van der Waals surface area contributed by atoms with Crippen LogP contribution < -0.4 is 16.8 Å². The Morgan fingerprint density at radius 2 is 1.97 bits per heavy atom. The van der Waals surface area contributed by atoms with Crippen LogP contribution in [0.2, 0.25) is 0 Å².